The van der Waals surface area contributed by atoms with Gasteiger partial charge in [0.05, 0.1) is 5.69 Å². The van der Waals surface area contributed by atoms with Crippen molar-refractivity contribution >= 4 is 27.9 Å². The second-order valence-corrected chi connectivity index (χ2v) is 4.78. The fraction of sp³-hybridized carbons (Fsp3) is 0.400. The molecule has 92 valence electrons. The van der Waals surface area contributed by atoms with Gasteiger partial charge in [-0.1, -0.05) is 0 Å². The number of nitrogens with two attached hydrogens (primary N) is 2. The van der Waals surface area contributed by atoms with Crippen molar-refractivity contribution in [2.75, 3.05) is 38.2 Å². The SMILES string of the molecule is CN(C)CCNc1sc(C(N)=O)c(N)c1C#N. The molecule has 1 heterocycles. The quantitative estimate of drug-likeness (QED) is 0.698. The van der Waals surface area contributed by atoms with Crippen molar-refractivity contribution in [2.45, 2.75) is 0 Å². The van der Waals surface area contributed by atoms with E-state index >= 15 is 0 Å². The van der Waals surface area contributed by atoms with E-state index in [0.717, 1.165) is 17.9 Å². The summed E-state index contributed by atoms with van der Waals surface area (Å²) < 4.78 is 0. The maximum absolute atomic E-state index is 11.1. The minimum Gasteiger partial charge on any atom is -0.396 e. The van der Waals surface area contributed by atoms with E-state index in [2.05, 4.69) is 5.32 Å². The van der Waals surface area contributed by atoms with Gasteiger partial charge in [-0.15, -0.1) is 11.3 Å². The van der Waals surface area contributed by atoms with Gasteiger partial charge in [0.1, 0.15) is 21.5 Å². The second-order valence-electron chi connectivity index (χ2n) is 3.76. The second kappa shape index (κ2) is 5.52. The van der Waals surface area contributed by atoms with E-state index in [0.29, 0.717) is 17.1 Å². The van der Waals surface area contributed by atoms with Gasteiger partial charge in [0.15, 0.2) is 0 Å². The van der Waals surface area contributed by atoms with Crippen LogP contribution >= 0.6 is 11.3 Å². The summed E-state index contributed by atoms with van der Waals surface area (Å²) in [5, 5.41) is 12.7. The molecule has 0 atom stereocenters. The molecule has 5 N–H and O–H groups in total. The Morgan fingerprint density at radius 1 is 1.59 bits per heavy atom. The molecule has 6 nitrogen and oxygen atoms in total. The van der Waals surface area contributed by atoms with Crippen LogP contribution in [0.25, 0.3) is 0 Å². The van der Waals surface area contributed by atoms with E-state index in [1.165, 1.54) is 0 Å². The first kappa shape index (κ1) is 13.3. The van der Waals surface area contributed by atoms with Crippen LogP contribution in [0.1, 0.15) is 15.2 Å². The number of hydrogen-bond donors (Lipinski definition) is 3. The molecule has 7 heteroatoms. The Labute approximate surface area is 104 Å². The molecule has 0 aliphatic carbocycles. The number of rotatable bonds is 5. The number of nitrogens with one attached hydrogen (secondary N) is 1. The molecule has 0 aromatic carbocycles. The zero-order valence-corrected chi connectivity index (χ0v) is 10.6. The van der Waals surface area contributed by atoms with Crippen molar-refractivity contribution in [1.29, 1.82) is 5.26 Å². The lowest BCUT2D eigenvalue weighted by Gasteiger charge is -2.10. The molecule has 1 amide bonds. The third-order valence-corrected chi connectivity index (χ3v) is 3.30. The smallest absolute Gasteiger partial charge is 0.261 e. The summed E-state index contributed by atoms with van der Waals surface area (Å²) in [6.07, 6.45) is 0. The van der Waals surface area contributed by atoms with Crippen molar-refractivity contribution in [1.82, 2.24) is 4.90 Å². The molecular formula is C10H15N5OS. The molecule has 0 aliphatic rings. The van der Waals surface area contributed by atoms with Crippen LogP contribution < -0.4 is 16.8 Å². The Balaban J connectivity index is 2.89. The maximum atomic E-state index is 11.1. The number of amides is 1. The van der Waals surface area contributed by atoms with Gasteiger partial charge in [-0.3, -0.25) is 4.79 Å². The number of thiophene rings is 1. The van der Waals surface area contributed by atoms with E-state index in [1.807, 2.05) is 25.1 Å². The number of nitrogen functional groups attached to an aromatic ring is 1. The minimum atomic E-state index is -0.607. The molecule has 0 saturated heterocycles. The fourth-order valence-electron chi connectivity index (χ4n) is 1.26. The van der Waals surface area contributed by atoms with Gasteiger partial charge in [0.2, 0.25) is 0 Å². The number of carbonyl (C=O) groups excluding carboxylic acids is 1. The number of primary amides is 1. The molecule has 0 radical (unpaired) electrons. The van der Waals surface area contributed by atoms with Crippen LogP contribution in [0.3, 0.4) is 0 Å². The van der Waals surface area contributed by atoms with Crippen molar-refractivity contribution in [2.24, 2.45) is 5.73 Å². The highest BCUT2D eigenvalue weighted by Crippen LogP contribution is 2.34. The molecular weight excluding hydrogens is 238 g/mol. The van der Waals surface area contributed by atoms with Gasteiger partial charge < -0.3 is 21.7 Å². The van der Waals surface area contributed by atoms with E-state index in [1.54, 1.807) is 0 Å². The van der Waals surface area contributed by atoms with Crippen molar-refractivity contribution in [3.8, 4) is 6.07 Å². The largest absolute Gasteiger partial charge is 0.396 e. The number of nitriles is 1. The van der Waals surface area contributed by atoms with Gasteiger partial charge in [-0.25, -0.2) is 0 Å². The molecule has 0 saturated carbocycles. The predicted molar refractivity (Wildman–Crippen MR) is 69.0 cm³/mol. The maximum Gasteiger partial charge on any atom is 0.261 e. The van der Waals surface area contributed by atoms with Crippen LogP contribution in [-0.4, -0.2) is 38.0 Å². The Kier molecular flexibility index (Phi) is 4.31. The lowest BCUT2D eigenvalue weighted by atomic mass is 10.2. The van der Waals surface area contributed by atoms with Crippen LogP contribution in [0.5, 0.6) is 0 Å². The van der Waals surface area contributed by atoms with Gasteiger partial charge in [-0.05, 0) is 14.1 Å². The molecule has 1 rings (SSSR count). The zero-order chi connectivity index (χ0) is 13.0. The molecule has 17 heavy (non-hydrogen) atoms. The molecule has 0 spiro atoms. The lowest BCUT2D eigenvalue weighted by Crippen LogP contribution is -2.20. The number of likely N-dealkylation sites (N-methyl/N-ethyl adjacent to an activating group) is 1. The molecule has 0 bridgehead atoms. The average Bonchev–Trinajstić information content (AvgIpc) is 2.54. The fourth-order valence-corrected chi connectivity index (χ4v) is 2.20. The number of carbonyl (C=O) groups is 1. The summed E-state index contributed by atoms with van der Waals surface area (Å²) in [4.78, 5) is 13.3. The zero-order valence-electron chi connectivity index (χ0n) is 9.78. The average molecular weight is 253 g/mol. The minimum absolute atomic E-state index is 0.164. The highest BCUT2D eigenvalue weighted by atomic mass is 32.1. The predicted octanol–water partition coefficient (Wildman–Crippen LogP) is 0.274. The highest BCUT2D eigenvalue weighted by Gasteiger charge is 2.18. The lowest BCUT2D eigenvalue weighted by molar-refractivity contribution is 0.100. The third-order valence-electron chi connectivity index (χ3n) is 2.13. The van der Waals surface area contributed by atoms with Crippen LogP contribution in [0.15, 0.2) is 0 Å². The van der Waals surface area contributed by atoms with Crippen LogP contribution in [0.2, 0.25) is 0 Å². The Hall–Kier alpha value is -1.78. The molecule has 0 fully saturated rings. The summed E-state index contributed by atoms with van der Waals surface area (Å²) >= 11 is 1.12. The van der Waals surface area contributed by atoms with Crippen LogP contribution in [0, 0.1) is 11.3 Å². The van der Waals surface area contributed by atoms with Crippen molar-refractivity contribution < 1.29 is 4.79 Å². The summed E-state index contributed by atoms with van der Waals surface area (Å²) in [6.45, 7) is 1.48. The van der Waals surface area contributed by atoms with Crippen molar-refractivity contribution in [3.05, 3.63) is 10.4 Å². The summed E-state index contributed by atoms with van der Waals surface area (Å²) in [7, 11) is 3.90. The van der Waals surface area contributed by atoms with Gasteiger partial charge in [-0.2, -0.15) is 5.26 Å². The number of nitrogens with zero attached hydrogens (tertiary/aromatic N) is 2. The van der Waals surface area contributed by atoms with Gasteiger partial charge in [0.25, 0.3) is 5.91 Å². The van der Waals surface area contributed by atoms with Gasteiger partial charge in [0, 0.05) is 13.1 Å². The molecule has 0 aliphatic heterocycles. The number of anilines is 2. The van der Waals surface area contributed by atoms with E-state index in [4.69, 9.17) is 16.7 Å². The Morgan fingerprint density at radius 2 is 2.24 bits per heavy atom. The summed E-state index contributed by atoms with van der Waals surface area (Å²) in [5.74, 6) is -0.607. The van der Waals surface area contributed by atoms with E-state index in [9.17, 15) is 4.79 Å². The molecule has 1 aromatic heterocycles. The van der Waals surface area contributed by atoms with Crippen molar-refractivity contribution in [3.63, 3.8) is 0 Å². The normalized spacial score (nSPS) is 10.2. The highest BCUT2D eigenvalue weighted by molar-refractivity contribution is 7.18. The molecule has 0 unspecified atom stereocenters. The number of hydrogen-bond acceptors (Lipinski definition) is 6. The first-order chi connectivity index (χ1) is 7.97. The van der Waals surface area contributed by atoms with Gasteiger partial charge >= 0.3 is 0 Å². The van der Waals surface area contributed by atoms with E-state index < -0.39 is 5.91 Å². The summed E-state index contributed by atoms with van der Waals surface area (Å²) in [6, 6.07) is 1.98. The molecule has 1 aromatic rings. The van der Waals surface area contributed by atoms with Crippen LogP contribution in [0.4, 0.5) is 10.7 Å². The van der Waals surface area contributed by atoms with Crippen LogP contribution in [-0.2, 0) is 0 Å². The standard InChI is InChI=1S/C10H15N5OS/c1-15(2)4-3-14-10-6(5-11)7(12)8(17-10)9(13)16/h14H,3-4,12H2,1-2H3,(H2,13,16). The van der Waals surface area contributed by atoms with E-state index in [-0.39, 0.29) is 10.6 Å². The third kappa shape index (κ3) is 3.09. The summed E-state index contributed by atoms with van der Waals surface area (Å²) in [5.41, 5.74) is 11.3. The topological polar surface area (TPSA) is 108 Å². The monoisotopic (exact) mass is 253 g/mol. The first-order valence-electron chi connectivity index (χ1n) is 4.98. The first-order valence-corrected chi connectivity index (χ1v) is 5.79. The Bertz CT molecular complexity index is 460. The Morgan fingerprint density at radius 3 is 2.71 bits per heavy atom.